The normalized spacial score (nSPS) is 14.7. The summed E-state index contributed by atoms with van der Waals surface area (Å²) in [6.07, 6.45) is 0.795. The molecule has 1 N–H and O–H groups in total. The van der Waals surface area contributed by atoms with E-state index < -0.39 is 15.6 Å². The van der Waals surface area contributed by atoms with Crippen molar-refractivity contribution in [2.75, 3.05) is 6.54 Å². The summed E-state index contributed by atoms with van der Waals surface area (Å²) in [5.41, 5.74) is 2.14. The van der Waals surface area contributed by atoms with Gasteiger partial charge in [0, 0.05) is 23.1 Å². The van der Waals surface area contributed by atoms with Crippen molar-refractivity contribution in [3.05, 3.63) is 63.6 Å². The van der Waals surface area contributed by atoms with Crippen molar-refractivity contribution in [3.63, 3.8) is 0 Å². The molecular weight excluding hydrogens is 428 g/mol. The summed E-state index contributed by atoms with van der Waals surface area (Å²) in [7, 11) is -3.71. The number of halogens is 1. The largest absolute Gasteiger partial charge is 0.334 e. The molecule has 0 aliphatic carbocycles. The van der Waals surface area contributed by atoms with Crippen molar-refractivity contribution in [1.82, 2.24) is 9.62 Å². The highest BCUT2D eigenvalue weighted by molar-refractivity contribution is 9.10. The molecule has 0 spiro atoms. The lowest BCUT2D eigenvalue weighted by molar-refractivity contribution is 0.0733. The summed E-state index contributed by atoms with van der Waals surface area (Å²) in [6, 6.07) is 12.6. The molecule has 0 bridgehead atoms. The molecule has 0 saturated heterocycles. The average Bonchev–Trinajstić information content (AvgIpc) is 2.59. The highest BCUT2D eigenvalue weighted by Crippen LogP contribution is 2.26. The van der Waals surface area contributed by atoms with Crippen LogP contribution in [0.5, 0.6) is 0 Å². The van der Waals surface area contributed by atoms with Crippen molar-refractivity contribution >= 4 is 31.9 Å². The Kier molecular flexibility index (Phi) is 5.47. The minimum atomic E-state index is -3.71. The second-order valence-electron chi connectivity index (χ2n) is 7.74. The van der Waals surface area contributed by atoms with Gasteiger partial charge in [-0.25, -0.2) is 13.1 Å². The maximum Gasteiger partial charge on any atom is 0.255 e. The van der Waals surface area contributed by atoms with Crippen LogP contribution in [-0.2, 0) is 23.0 Å². The van der Waals surface area contributed by atoms with Crippen molar-refractivity contribution in [3.8, 4) is 0 Å². The lowest BCUT2D eigenvalue weighted by Gasteiger charge is -2.29. The van der Waals surface area contributed by atoms with Crippen molar-refractivity contribution in [2.24, 2.45) is 0 Å². The molecule has 0 atom stereocenters. The van der Waals surface area contributed by atoms with Gasteiger partial charge in [0.2, 0.25) is 10.0 Å². The average molecular weight is 451 g/mol. The standard InChI is InChI=1S/C20H23BrN2O3S/c1-20(2,3)22-27(25,26)16-8-9-18(21)17(12-16)19(24)23-11-10-14-6-4-5-7-15(14)13-23/h4-9,12,22H,10-11,13H2,1-3H3. The third-order valence-corrected chi connectivity index (χ3v) is 6.78. The van der Waals surface area contributed by atoms with Gasteiger partial charge >= 0.3 is 0 Å². The molecular formula is C20H23BrN2O3S. The maximum atomic E-state index is 13.1. The molecule has 0 radical (unpaired) electrons. The van der Waals surface area contributed by atoms with E-state index in [9.17, 15) is 13.2 Å². The zero-order chi connectivity index (χ0) is 19.8. The number of benzene rings is 2. The SMILES string of the molecule is CC(C)(C)NS(=O)(=O)c1ccc(Br)c(C(=O)N2CCc3ccccc3C2)c1. The first-order valence-corrected chi connectivity index (χ1v) is 11.0. The summed E-state index contributed by atoms with van der Waals surface area (Å²) in [5.74, 6) is -0.177. The molecule has 3 rings (SSSR count). The van der Waals surface area contributed by atoms with Gasteiger partial charge in [-0.05, 0) is 72.4 Å². The van der Waals surface area contributed by atoms with Crippen LogP contribution in [0.4, 0.5) is 0 Å². The van der Waals surface area contributed by atoms with Gasteiger partial charge in [0.25, 0.3) is 5.91 Å². The molecule has 0 unspecified atom stereocenters. The summed E-state index contributed by atoms with van der Waals surface area (Å²) >= 11 is 3.39. The molecule has 1 heterocycles. The van der Waals surface area contributed by atoms with Crippen LogP contribution < -0.4 is 4.72 Å². The molecule has 27 heavy (non-hydrogen) atoms. The van der Waals surface area contributed by atoms with Gasteiger partial charge in [0.1, 0.15) is 0 Å². The second kappa shape index (κ2) is 7.37. The highest BCUT2D eigenvalue weighted by atomic mass is 79.9. The highest BCUT2D eigenvalue weighted by Gasteiger charge is 2.26. The second-order valence-corrected chi connectivity index (χ2v) is 10.3. The molecule has 0 fully saturated rings. The number of nitrogens with one attached hydrogen (secondary N) is 1. The van der Waals surface area contributed by atoms with Crippen LogP contribution in [0.3, 0.4) is 0 Å². The zero-order valence-electron chi connectivity index (χ0n) is 15.6. The molecule has 144 valence electrons. The molecule has 2 aromatic rings. The first kappa shape index (κ1) is 20.0. The summed E-state index contributed by atoms with van der Waals surface area (Å²) in [6.45, 7) is 6.47. The lowest BCUT2D eigenvalue weighted by atomic mass is 9.99. The number of carbonyl (C=O) groups is 1. The Morgan fingerprint density at radius 3 is 2.44 bits per heavy atom. The number of hydrogen-bond donors (Lipinski definition) is 1. The fourth-order valence-corrected chi connectivity index (χ4v) is 5.00. The van der Waals surface area contributed by atoms with E-state index in [1.54, 1.807) is 31.7 Å². The minimum Gasteiger partial charge on any atom is -0.334 e. The van der Waals surface area contributed by atoms with E-state index >= 15 is 0 Å². The van der Waals surface area contributed by atoms with Crippen LogP contribution in [-0.4, -0.2) is 31.3 Å². The van der Waals surface area contributed by atoms with Crippen molar-refractivity contribution in [1.29, 1.82) is 0 Å². The molecule has 2 aromatic carbocycles. The Balaban J connectivity index is 1.90. The van der Waals surface area contributed by atoms with E-state index in [4.69, 9.17) is 0 Å². The minimum absolute atomic E-state index is 0.0846. The summed E-state index contributed by atoms with van der Waals surface area (Å²) < 4.78 is 28.5. The number of amides is 1. The number of hydrogen-bond acceptors (Lipinski definition) is 3. The smallest absolute Gasteiger partial charge is 0.255 e. The molecule has 1 aliphatic heterocycles. The molecule has 5 nitrogen and oxygen atoms in total. The predicted molar refractivity (Wildman–Crippen MR) is 109 cm³/mol. The van der Waals surface area contributed by atoms with Crippen LogP contribution in [0.1, 0.15) is 42.3 Å². The predicted octanol–water partition coefficient (Wildman–Crippen LogP) is 3.72. The Morgan fingerprint density at radius 2 is 1.78 bits per heavy atom. The first-order valence-electron chi connectivity index (χ1n) is 8.76. The Bertz CT molecular complexity index is 981. The van der Waals surface area contributed by atoms with Gasteiger partial charge in [0.15, 0.2) is 0 Å². The molecule has 0 aromatic heterocycles. The van der Waals surface area contributed by atoms with Crippen molar-refractivity contribution in [2.45, 2.75) is 44.2 Å². The van der Waals surface area contributed by atoms with Crippen LogP contribution >= 0.6 is 15.9 Å². The lowest BCUT2D eigenvalue weighted by Crippen LogP contribution is -2.40. The van der Waals surface area contributed by atoms with Gasteiger partial charge in [-0.1, -0.05) is 24.3 Å². The zero-order valence-corrected chi connectivity index (χ0v) is 18.0. The van der Waals surface area contributed by atoms with Gasteiger partial charge < -0.3 is 4.90 Å². The van der Waals surface area contributed by atoms with Gasteiger partial charge in [0.05, 0.1) is 10.5 Å². The molecule has 1 amide bonds. The molecule has 7 heteroatoms. The van der Waals surface area contributed by atoms with Crippen LogP contribution in [0.15, 0.2) is 51.8 Å². The Morgan fingerprint density at radius 1 is 1.11 bits per heavy atom. The molecule has 0 saturated carbocycles. The summed E-state index contributed by atoms with van der Waals surface area (Å²) in [4.78, 5) is 14.9. The van der Waals surface area contributed by atoms with Gasteiger partial charge in [-0.3, -0.25) is 4.79 Å². The third-order valence-electron chi connectivity index (χ3n) is 4.34. The quantitative estimate of drug-likeness (QED) is 0.774. The van der Waals surface area contributed by atoms with Crippen LogP contribution in [0.2, 0.25) is 0 Å². The fraction of sp³-hybridized carbons (Fsp3) is 0.350. The number of carbonyl (C=O) groups excluding carboxylic acids is 1. The van der Waals surface area contributed by atoms with E-state index in [2.05, 4.69) is 26.7 Å². The first-order chi connectivity index (χ1) is 12.6. The van der Waals surface area contributed by atoms with Crippen LogP contribution in [0, 0.1) is 0 Å². The van der Waals surface area contributed by atoms with Gasteiger partial charge in [-0.15, -0.1) is 0 Å². The monoisotopic (exact) mass is 450 g/mol. The number of fused-ring (bicyclic) bond motifs is 1. The Labute approximate surface area is 169 Å². The van der Waals surface area contributed by atoms with Crippen molar-refractivity contribution < 1.29 is 13.2 Å². The van der Waals surface area contributed by atoms with E-state index in [0.29, 0.717) is 23.1 Å². The van der Waals surface area contributed by atoms with E-state index in [1.165, 1.54) is 17.7 Å². The van der Waals surface area contributed by atoms with E-state index in [1.807, 2.05) is 18.2 Å². The van der Waals surface area contributed by atoms with E-state index in [-0.39, 0.29) is 10.8 Å². The summed E-state index contributed by atoms with van der Waals surface area (Å²) in [5, 5.41) is 0. The number of sulfonamides is 1. The fourth-order valence-electron chi connectivity index (χ4n) is 3.14. The number of rotatable bonds is 3. The molecule has 1 aliphatic rings. The third kappa shape index (κ3) is 4.59. The van der Waals surface area contributed by atoms with Gasteiger partial charge in [-0.2, -0.15) is 0 Å². The maximum absolute atomic E-state index is 13.1. The topological polar surface area (TPSA) is 66.5 Å². The van der Waals surface area contributed by atoms with E-state index in [0.717, 1.165) is 12.0 Å². The Hall–Kier alpha value is -1.70. The number of nitrogens with zero attached hydrogens (tertiary/aromatic N) is 1. The van der Waals surface area contributed by atoms with Crippen LogP contribution in [0.25, 0.3) is 0 Å².